The van der Waals surface area contributed by atoms with Crippen molar-refractivity contribution in [2.24, 2.45) is 0 Å². The second-order valence-electron chi connectivity index (χ2n) is 5.98. The molecule has 2 aromatic carbocycles. The fraction of sp³-hybridized carbons (Fsp3) is 0.158. The molecule has 0 amide bonds. The van der Waals surface area contributed by atoms with Gasteiger partial charge in [-0.15, -0.1) is 11.3 Å². The van der Waals surface area contributed by atoms with Crippen LogP contribution in [0.5, 0.6) is 0 Å². The van der Waals surface area contributed by atoms with Crippen molar-refractivity contribution in [1.82, 2.24) is 19.7 Å². The first-order chi connectivity index (χ1) is 13.1. The third-order valence-corrected chi connectivity index (χ3v) is 5.23. The summed E-state index contributed by atoms with van der Waals surface area (Å²) in [5.41, 5.74) is 2.20. The molecule has 0 aliphatic heterocycles. The van der Waals surface area contributed by atoms with Crippen molar-refractivity contribution in [1.29, 1.82) is 0 Å². The predicted molar refractivity (Wildman–Crippen MR) is 104 cm³/mol. The molecule has 0 radical (unpaired) electrons. The number of esters is 1. The summed E-state index contributed by atoms with van der Waals surface area (Å²) in [6.07, 6.45) is 2.51. The van der Waals surface area contributed by atoms with Crippen LogP contribution in [-0.4, -0.2) is 25.7 Å². The molecule has 6 nitrogen and oxygen atoms in total. The van der Waals surface area contributed by atoms with Crippen LogP contribution in [0.3, 0.4) is 0 Å². The van der Waals surface area contributed by atoms with Gasteiger partial charge in [0.05, 0.1) is 27.3 Å². The molecule has 8 heteroatoms. The summed E-state index contributed by atoms with van der Waals surface area (Å²) in [7, 11) is 0. The fourth-order valence-corrected chi connectivity index (χ4v) is 3.74. The first-order valence-corrected chi connectivity index (χ1v) is 9.44. The predicted octanol–water partition coefficient (Wildman–Crippen LogP) is 4.45. The maximum atomic E-state index is 12.8. The van der Waals surface area contributed by atoms with Crippen LogP contribution in [0.4, 0.5) is 0 Å². The van der Waals surface area contributed by atoms with E-state index in [9.17, 15) is 4.79 Å². The second-order valence-corrected chi connectivity index (χ2v) is 7.65. The van der Waals surface area contributed by atoms with Crippen LogP contribution >= 0.6 is 22.9 Å². The highest BCUT2D eigenvalue weighted by molar-refractivity contribution is 7.18. The topological polar surface area (TPSA) is 69.9 Å². The van der Waals surface area contributed by atoms with Gasteiger partial charge in [-0.05, 0) is 42.8 Å². The van der Waals surface area contributed by atoms with Gasteiger partial charge >= 0.3 is 5.97 Å². The number of hydrogen-bond acceptors (Lipinski definition) is 6. The lowest BCUT2D eigenvalue weighted by atomic mass is 10.1. The molecule has 0 N–H and O–H groups in total. The zero-order valence-corrected chi connectivity index (χ0v) is 15.9. The average Bonchev–Trinajstić information content (AvgIpc) is 3.29. The molecule has 0 spiro atoms. The Labute approximate surface area is 164 Å². The second kappa shape index (κ2) is 7.46. The summed E-state index contributed by atoms with van der Waals surface area (Å²) in [5, 5.41) is 5.68. The minimum absolute atomic E-state index is 0.356. The van der Waals surface area contributed by atoms with E-state index >= 15 is 0 Å². The average molecular weight is 399 g/mol. The van der Waals surface area contributed by atoms with Crippen molar-refractivity contribution >= 4 is 39.1 Å². The minimum atomic E-state index is -0.518. The van der Waals surface area contributed by atoms with E-state index < -0.39 is 12.1 Å². The molecule has 4 aromatic rings. The van der Waals surface area contributed by atoms with Crippen molar-refractivity contribution in [3.05, 3.63) is 76.3 Å². The molecule has 0 aliphatic carbocycles. The zero-order chi connectivity index (χ0) is 18.8. The van der Waals surface area contributed by atoms with Gasteiger partial charge in [-0.2, -0.15) is 5.10 Å². The molecular weight excluding hydrogens is 384 g/mol. The van der Waals surface area contributed by atoms with Crippen LogP contribution in [0, 0.1) is 6.92 Å². The van der Waals surface area contributed by atoms with Crippen molar-refractivity contribution in [2.45, 2.75) is 19.6 Å². The van der Waals surface area contributed by atoms with E-state index in [0.717, 1.165) is 20.8 Å². The summed E-state index contributed by atoms with van der Waals surface area (Å²) in [6.45, 7) is 2.30. The van der Waals surface area contributed by atoms with E-state index in [4.69, 9.17) is 16.3 Å². The van der Waals surface area contributed by atoms with Gasteiger partial charge in [0.2, 0.25) is 0 Å². The third-order valence-electron chi connectivity index (χ3n) is 4.04. The number of aromatic nitrogens is 4. The van der Waals surface area contributed by atoms with Crippen molar-refractivity contribution in [3.8, 4) is 0 Å². The van der Waals surface area contributed by atoms with Gasteiger partial charge in [0.15, 0.2) is 0 Å². The van der Waals surface area contributed by atoms with E-state index in [1.54, 1.807) is 40.5 Å². The molecule has 0 saturated heterocycles. The van der Waals surface area contributed by atoms with Crippen LogP contribution in [0.15, 0.2) is 55.1 Å². The number of thiazole rings is 1. The summed E-state index contributed by atoms with van der Waals surface area (Å²) in [6, 6.07) is 12.6. The third kappa shape index (κ3) is 3.99. The molecule has 0 unspecified atom stereocenters. The zero-order valence-electron chi connectivity index (χ0n) is 14.4. The lowest BCUT2D eigenvalue weighted by molar-refractivity contribution is 0.0247. The number of aryl methyl sites for hydroxylation is 1. The molecule has 2 heterocycles. The Hall–Kier alpha value is -2.77. The molecule has 0 fully saturated rings. The van der Waals surface area contributed by atoms with Gasteiger partial charge in [-0.1, -0.05) is 23.7 Å². The molecule has 136 valence electrons. The Morgan fingerprint density at radius 3 is 2.81 bits per heavy atom. The standard InChI is InChI=1S/C19H15ClN4O2S/c1-12-23-16-7-4-14(8-18(16)27-12)19(25)26-17(9-24-11-21-10-22-24)13-2-5-15(20)6-3-13/h2-8,10-11,17H,9H2,1H3/t17-/m0/s1. The first kappa shape index (κ1) is 17.6. The van der Waals surface area contributed by atoms with E-state index in [0.29, 0.717) is 17.1 Å². The number of hydrogen-bond donors (Lipinski definition) is 0. The van der Waals surface area contributed by atoms with Crippen LogP contribution in [0.25, 0.3) is 10.2 Å². The molecule has 0 aliphatic rings. The number of halogens is 1. The van der Waals surface area contributed by atoms with Crippen LogP contribution in [0.1, 0.15) is 27.0 Å². The normalized spacial score (nSPS) is 12.2. The van der Waals surface area contributed by atoms with E-state index in [2.05, 4.69) is 15.1 Å². The Kier molecular flexibility index (Phi) is 4.87. The first-order valence-electron chi connectivity index (χ1n) is 8.24. The number of ether oxygens (including phenoxy) is 1. The van der Waals surface area contributed by atoms with Gasteiger partial charge in [0, 0.05) is 5.02 Å². The molecule has 2 aromatic heterocycles. The molecule has 27 heavy (non-hydrogen) atoms. The van der Waals surface area contributed by atoms with Gasteiger partial charge in [-0.25, -0.2) is 19.4 Å². The molecule has 0 saturated carbocycles. The maximum Gasteiger partial charge on any atom is 0.338 e. The SMILES string of the molecule is Cc1nc2ccc(C(=O)O[C@@H](Cn3cncn3)c3ccc(Cl)cc3)cc2s1. The number of rotatable bonds is 5. The van der Waals surface area contributed by atoms with Gasteiger partial charge in [-0.3, -0.25) is 0 Å². The van der Waals surface area contributed by atoms with Gasteiger partial charge < -0.3 is 4.74 Å². The molecule has 4 rings (SSSR count). The molecule has 0 bridgehead atoms. The Morgan fingerprint density at radius 1 is 1.26 bits per heavy atom. The monoisotopic (exact) mass is 398 g/mol. The molecular formula is C19H15ClN4O2S. The largest absolute Gasteiger partial charge is 0.452 e. The van der Waals surface area contributed by atoms with Crippen LogP contribution in [-0.2, 0) is 11.3 Å². The fourth-order valence-electron chi connectivity index (χ4n) is 2.75. The maximum absolute atomic E-state index is 12.8. The highest BCUT2D eigenvalue weighted by Crippen LogP contribution is 2.26. The smallest absolute Gasteiger partial charge is 0.338 e. The summed E-state index contributed by atoms with van der Waals surface area (Å²) in [5.74, 6) is -0.400. The van der Waals surface area contributed by atoms with Gasteiger partial charge in [0.25, 0.3) is 0 Å². The van der Waals surface area contributed by atoms with Crippen molar-refractivity contribution in [2.75, 3.05) is 0 Å². The van der Waals surface area contributed by atoms with Crippen LogP contribution < -0.4 is 0 Å². The number of carbonyl (C=O) groups excluding carboxylic acids is 1. The van der Waals surface area contributed by atoms with Crippen LogP contribution in [0.2, 0.25) is 5.02 Å². The minimum Gasteiger partial charge on any atom is -0.452 e. The number of nitrogens with zero attached hydrogens (tertiary/aromatic N) is 4. The quantitative estimate of drug-likeness (QED) is 0.464. The lowest BCUT2D eigenvalue weighted by Crippen LogP contribution is -2.17. The number of carbonyl (C=O) groups is 1. The van der Waals surface area contributed by atoms with Gasteiger partial charge in [0.1, 0.15) is 18.8 Å². The van der Waals surface area contributed by atoms with E-state index in [1.165, 1.54) is 6.33 Å². The summed E-state index contributed by atoms with van der Waals surface area (Å²) >= 11 is 7.53. The lowest BCUT2D eigenvalue weighted by Gasteiger charge is -2.18. The Morgan fingerprint density at radius 2 is 2.07 bits per heavy atom. The number of fused-ring (bicyclic) bond motifs is 1. The van der Waals surface area contributed by atoms with Crippen molar-refractivity contribution in [3.63, 3.8) is 0 Å². The highest BCUT2D eigenvalue weighted by atomic mass is 35.5. The van der Waals surface area contributed by atoms with E-state index in [1.807, 2.05) is 31.2 Å². The summed E-state index contributed by atoms with van der Waals surface area (Å²) < 4.78 is 8.39. The Balaban J connectivity index is 1.60. The highest BCUT2D eigenvalue weighted by Gasteiger charge is 2.20. The molecule has 1 atom stereocenters. The Bertz CT molecular complexity index is 1080. The van der Waals surface area contributed by atoms with Crippen molar-refractivity contribution < 1.29 is 9.53 Å². The van der Waals surface area contributed by atoms with E-state index in [-0.39, 0.29) is 0 Å². The summed E-state index contributed by atoms with van der Waals surface area (Å²) in [4.78, 5) is 21.1. The number of benzene rings is 2.